The zero-order valence-electron chi connectivity index (χ0n) is 11.1. The molecule has 2 rings (SSSR count). The van der Waals surface area contributed by atoms with E-state index in [0.717, 1.165) is 38.5 Å². The number of nitrogens with zero attached hydrogens (tertiary/aromatic N) is 4. The molecule has 5 heteroatoms. The maximum absolute atomic E-state index is 6.02. The normalized spacial score (nSPS) is 21.3. The van der Waals surface area contributed by atoms with Gasteiger partial charge in [0.15, 0.2) is 5.96 Å². The fourth-order valence-corrected chi connectivity index (χ4v) is 2.36. The summed E-state index contributed by atoms with van der Waals surface area (Å²) in [5, 5.41) is 4.16. The van der Waals surface area contributed by atoms with E-state index in [2.05, 4.69) is 21.9 Å². The van der Waals surface area contributed by atoms with Crippen molar-refractivity contribution in [1.29, 1.82) is 0 Å². The van der Waals surface area contributed by atoms with Crippen LogP contribution < -0.4 is 5.73 Å². The first-order valence-electron chi connectivity index (χ1n) is 6.78. The first kappa shape index (κ1) is 12.9. The van der Waals surface area contributed by atoms with Crippen molar-refractivity contribution >= 4 is 5.96 Å². The summed E-state index contributed by atoms with van der Waals surface area (Å²) in [6.45, 7) is 6.06. The first-order valence-corrected chi connectivity index (χ1v) is 6.78. The van der Waals surface area contributed by atoms with E-state index in [4.69, 9.17) is 5.73 Å². The third-order valence-electron chi connectivity index (χ3n) is 3.36. The van der Waals surface area contributed by atoms with Crippen molar-refractivity contribution in [1.82, 2.24) is 14.7 Å². The number of aliphatic imine (C=N–C) groups is 1. The molecule has 0 saturated carbocycles. The van der Waals surface area contributed by atoms with E-state index in [1.807, 2.05) is 16.9 Å². The smallest absolute Gasteiger partial charge is 0.191 e. The highest BCUT2D eigenvalue weighted by molar-refractivity contribution is 5.78. The molecular formula is C13H23N5. The molecule has 1 unspecified atom stereocenters. The Morgan fingerprint density at radius 1 is 1.56 bits per heavy atom. The lowest BCUT2D eigenvalue weighted by Crippen LogP contribution is -2.43. The van der Waals surface area contributed by atoms with Gasteiger partial charge in [0.2, 0.25) is 0 Å². The lowest BCUT2D eigenvalue weighted by Gasteiger charge is -2.31. The Morgan fingerprint density at radius 2 is 2.44 bits per heavy atom. The number of rotatable bonds is 4. The molecule has 0 amide bonds. The van der Waals surface area contributed by atoms with Crippen LogP contribution in [0.1, 0.15) is 26.2 Å². The minimum absolute atomic E-state index is 0.710. The zero-order valence-corrected chi connectivity index (χ0v) is 11.1. The Morgan fingerprint density at radius 3 is 3.17 bits per heavy atom. The SMILES string of the molecule is CC1CCCN(C(N)=NCCCn2cccn2)C1. The second-order valence-corrected chi connectivity index (χ2v) is 5.06. The van der Waals surface area contributed by atoms with Crippen molar-refractivity contribution in [2.45, 2.75) is 32.7 Å². The number of piperidine rings is 1. The van der Waals surface area contributed by atoms with Crippen molar-refractivity contribution in [3.05, 3.63) is 18.5 Å². The molecule has 0 aliphatic carbocycles. The topological polar surface area (TPSA) is 59.4 Å². The fraction of sp³-hybridized carbons (Fsp3) is 0.692. The number of likely N-dealkylation sites (tertiary alicyclic amines) is 1. The van der Waals surface area contributed by atoms with Crippen molar-refractivity contribution < 1.29 is 0 Å². The Hall–Kier alpha value is -1.52. The van der Waals surface area contributed by atoms with Crippen molar-refractivity contribution in [2.24, 2.45) is 16.6 Å². The van der Waals surface area contributed by atoms with Crippen LogP contribution in [-0.2, 0) is 6.54 Å². The standard InChI is InChI=1S/C13H23N5/c1-12-5-2-8-17(11-12)13(14)15-6-3-9-18-10-4-7-16-18/h4,7,10,12H,2-3,5-6,8-9,11H2,1H3,(H2,14,15). The third-order valence-corrected chi connectivity index (χ3v) is 3.36. The van der Waals surface area contributed by atoms with Crippen LogP contribution in [0.15, 0.2) is 23.5 Å². The van der Waals surface area contributed by atoms with E-state index in [0.29, 0.717) is 5.96 Å². The van der Waals surface area contributed by atoms with Crippen molar-refractivity contribution in [2.75, 3.05) is 19.6 Å². The van der Waals surface area contributed by atoms with Crippen LogP contribution in [0.5, 0.6) is 0 Å². The average molecular weight is 249 g/mol. The third kappa shape index (κ3) is 3.75. The minimum Gasteiger partial charge on any atom is -0.370 e. The van der Waals surface area contributed by atoms with Gasteiger partial charge in [-0.25, -0.2) is 0 Å². The molecule has 18 heavy (non-hydrogen) atoms. The van der Waals surface area contributed by atoms with Gasteiger partial charge in [0, 0.05) is 38.6 Å². The molecule has 2 heterocycles. The summed E-state index contributed by atoms with van der Waals surface area (Å²) >= 11 is 0. The molecular weight excluding hydrogens is 226 g/mol. The molecule has 1 aromatic rings. The van der Waals surface area contributed by atoms with E-state index in [1.54, 1.807) is 6.20 Å². The number of aryl methyl sites for hydroxylation is 1. The van der Waals surface area contributed by atoms with Gasteiger partial charge >= 0.3 is 0 Å². The van der Waals surface area contributed by atoms with E-state index in [1.165, 1.54) is 12.8 Å². The van der Waals surface area contributed by atoms with Gasteiger partial charge in [-0.3, -0.25) is 9.67 Å². The minimum atomic E-state index is 0.710. The number of nitrogens with two attached hydrogens (primary N) is 1. The predicted octanol–water partition coefficient (Wildman–Crippen LogP) is 1.32. The van der Waals surface area contributed by atoms with Crippen LogP contribution in [0.25, 0.3) is 0 Å². The second kappa shape index (κ2) is 6.42. The summed E-state index contributed by atoms with van der Waals surface area (Å²) in [7, 11) is 0. The summed E-state index contributed by atoms with van der Waals surface area (Å²) in [6, 6.07) is 1.94. The van der Waals surface area contributed by atoms with E-state index in [-0.39, 0.29) is 0 Å². The van der Waals surface area contributed by atoms with Crippen LogP contribution in [-0.4, -0.2) is 40.3 Å². The molecule has 1 fully saturated rings. The molecule has 1 aliphatic heterocycles. The Kier molecular flexibility index (Phi) is 4.61. The molecule has 1 atom stereocenters. The van der Waals surface area contributed by atoms with Gasteiger partial charge < -0.3 is 10.6 Å². The van der Waals surface area contributed by atoms with Gasteiger partial charge in [-0.05, 0) is 31.2 Å². The van der Waals surface area contributed by atoms with Crippen LogP contribution in [0, 0.1) is 5.92 Å². The Balaban J connectivity index is 1.71. The second-order valence-electron chi connectivity index (χ2n) is 5.06. The monoisotopic (exact) mass is 249 g/mol. The Bertz CT molecular complexity index is 371. The molecule has 0 bridgehead atoms. The average Bonchev–Trinajstić information content (AvgIpc) is 2.87. The van der Waals surface area contributed by atoms with Gasteiger partial charge in [0.1, 0.15) is 0 Å². The summed E-state index contributed by atoms with van der Waals surface area (Å²) in [4.78, 5) is 6.67. The summed E-state index contributed by atoms with van der Waals surface area (Å²) < 4.78 is 1.93. The van der Waals surface area contributed by atoms with Gasteiger partial charge in [0.05, 0.1) is 0 Å². The first-order chi connectivity index (χ1) is 8.75. The molecule has 1 aliphatic rings. The van der Waals surface area contributed by atoms with Gasteiger partial charge in [0.25, 0.3) is 0 Å². The van der Waals surface area contributed by atoms with Crippen molar-refractivity contribution in [3.63, 3.8) is 0 Å². The summed E-state index contributed by atoms with van der Waals surface area (Å²) in [5.41, 5.74) is 6.02. The molecule has 1 saturated heterocycles. The molecule has 100 valence electrons. The largest absolute Gasteiger partial charge is 0.370 e. The maximum Gasteiger partial charge on any atom is 0.191 e. The lowest BCUT2D eigenvalue weighted by atomic mass is 10.0. The molecule has 0 aromatic carbocycles. The highest BCUT2D eigenvalue weighted by atomic mass is 15.3. The highest BCUT2D eigenvalue weighted by Gasteiger charge is 2.17. The van der Waals surface area contributed by atoms with E-state index >= 15 is 0 Å². The van der Waals surface area contributed by atoms with Gasteiger partial charge in [-0.1, -0.05) is 6.92 Å². The molecule has 0 spiro atoms. The van der Waals surface area contributed by atoms with Crippen molar-refractivity contribution in [3.8, 4) is 0 Å². The molecule has 0 radical (unpaired) electrons. The molecule has 1 aromatic heterocycles. The van der Waals surface area contributed by atoms with Gasteiger partial charge in [-0.2, -0.15) is 5.10 Å². The number of hydrogen-bond acceptors (Lipinski definition) is 2. The number of aromatic nitrogens is 2. The quantitative estimate of drug-likeness (QED) is 0.497. The van der Waals surface area contributed by atoms with Crippen LogP contribution in [0.2, 0.25) is 0 Å². The van der Waals surface area contributed by atoms with Crippen LogP contribution in [0.3, 0.4) is 0 Å². The maximum atomic E-state index is 6.02. The summed E-state index contributed by atoms with van der Waals surface area (Å²) in [6.07, 6.45) is 7.28. The summed E-state index contributed by atoms with van der Waals surface area (Å²) in [5.74, 6) is 1.44. The molecule has 5 nitrogen and oxygen atoms in total. The highest BCUT2D eigenvalue weighted by Crippen LogP contribution is 2.14. The number of guanidine groups is 1. The van der Waals surface area contributed by atoms with Gasteiger partial charge in [-0.15, -0.1) is 0 Å². The Labute approximate surface area is 109 Å². The molecule has 2 N–H and O–H groups in total. The van der Waals surface area contributed by atoms with Crippen LogP contribution >= 0.6 is 0 Å². The van der Waals surface area contributed by atoms with E-state index < -0.39 is 0 Å². The van der Waals surface area contributed by atoms with Crippen LogP contribution in [0.4, 0.5) is 0 Å². The lowest BCUT2D eigenvalue weighted by molar-refractivity contribution is 0.270. The fourth-order valence-electron chi connectivity index (χ4n) is 2.36. The van der Waals surface area contributed by atoms with E-state index in [9.17, 15) is 0 Å². The number of hydrogen-bond donors (Lipinski definition) is 1. The zero-order chi connectivity index (χ0) is 12.8. The predicted molar refractivity (Wildman–Crippen MR) is 73.3 cm³/mol.